The molecule has 11 atom stereocenters. The summed E-state index contributed by atoms with van der Waals surface area (Å²) in [5.74, 6) is 1.15. The Bertz CT molecular complexity index is 1390. The fourth-order valence-corrected chi connectivity index (χ4v) is 10.6. The third-order valence-corrected chi connectivity index (χ3v) is 12.8. The Hall–Kier alpha value is -3.03. The maximum absolute atomic E-state index is 15.4. The van der Waals surface area contributed by atoms with Crippen molar-refractivity contribution in [1.29, 1.82) is 0 Å². The van der Waals surface area contributed by atoms with Crippen molar-refractivity contribution in [1.82, 2.24) is 15.0 Å². The number of hydrogen-bond acceptors (Lipinski definition) is 7. The molecule has 0 aliphatic heterocycles. The number of hydrogen-bond donors (Lipinski definition) is 0. The molecule has 4 fully saturated rings. The molecular weight excluding hydrogens is 554 g/mol. The lowest BCUT2D eigenvalue weighted by atomic mass is 9.41. The van der Waals surface area contributed by atoms with E-state index in [2.05, 4.69) is 32.8 Å². The smallest absolute Gasteiger partial charge is 0.305 e. The normalized spacial score (nSPS) is 38.6. The number of carbonyl (C=O) groups excluding carboxylic acids is 3. The molecule has 4 unspecified atom stereocenters. The summed E-state index contributed by atoms with van der Waals surface area (Å²) in [6.45, 7) is 10.6. The maximum Gasteiger partial charge on any atom is 0.305 e. The summed E-state index contributed by atoms with van der Waals surface area (Å²) < 4.78 is 13.1. The van der Waals surface area contributed by atoms with E-state index in [0.717, 1.165) is 49.8 Å². The van der Waals surface area contributed by atoms with Crippen molar-refractivity contribution in [2.75, 3.05) is 7.11 Å². The van der Waals surface area contributed by atoms with Crippen molar-refractivity contribution in [3.8, 4) is 11.3 Å². The average molecular weight is 604 g/mol. The van der Waals surface area contributed by atoms with Crippen molar-refractivity contribution in [3.63, 3.8) is 0 Å². The van der Waals surface area contributed by atoms with E-state index in [1.165, 1.54) is 14.0 Å². The zero-order chi connectivity index (χ0) is 31.4. The molecule has 238 valence electrons. The lowest BCUT2D eigenvalue weighted by molar-refractivity contribution is -0.203. The van der Waals surface area contributed by atoms with Gasteiger partial charge >= 0.3 is 11.9 Å². The minimum atomic E-state index is -0.635. The summed E-state index contributed by atoms with van der Waals surface area (Å²) in [4.78, 5) is 40.1. The second-order valence-electron chi connectivity index (χ2n) is 15.0. The molecular formula is C36H49N3O5. The third kappa shape index (κ3) is 5.00. The monoisotopic (exact) mass is 603 g/mol. The Labute approximate surface area is 261 Å². The fraction of sp³-hybridized carbons (Fsp3) is 0.694. The number of fused-ring (bicyclic) bond motifs is 5. The lowest BCUT2D eigenvalue weighted by Gasteiger charge is -2.64. The summed E-state index contributed by atoms with van der Waals surface area (Å²) in [7, 11) is 1.43. The second-order valence-corrected chi connectivity index (χ2v) is 15.0. The molecule has 0 saturated heterocycles. The standard InChI is InChI=1S/C36H49N3O5/c1-21-16-17-35(4)25(18-21)19-29(44-23(3)40)31-27-14-13-26(22(2)12-15-30(41)43-6)36(27,5)34(42)33(32(31)35)39-20-28(37-38-39)24-10-8-7-9-11-24/h7-11,20-22,25-27,29,31-33H,12-19H2,1-6H3/t21-,22-,25+,26?,27?,29-,31?,32?,33+,35+,36-/m1/s1. The van der Waals surface area contributed by atoms with Crippen molar-refractivity contribution in [2.45, 2.75) is 98.1 Å². The van der Waals surface area contributed by atoms with Crippen molar-refractivity contribution >= 4 is 17.7 Å². The molecule has 1 heterocycles. The molecule has 4 saturated carbocycles. The van der Waals surface area contributed by atoms with Gasteiger partial charge in [-0.05, 0) is 73.5 Å². The summed E-state index contributed by atoms with van der Waals surface area (Å²) in [5.41, 5.74) is 1.00. The first-order valence-electron chi connectivity index (χ1n) is 16.7. The summed E-state index contributed by atoms with van der Waals surface area (Å²) in [6, 6.07) is 9.49. The van der Waals surface area contributed by atoms with Crippen LogP contribution in [0, 0.1) is 52.3 Å². The molecule has 0 radical (unpaired) electrons. The van der Waals surface area contributed by atoms with E-state index in [4.69, 9.17) is 14.7 Å². The van der Waals surface area contributed by atoms with Crippen molar-refractivity contribution in [3.05, 3.63) is 36.5 Å². The number of rotatable bonds is 7. The fourth-order valence-electron chi connectivity index (χ4n) is 10.6. The molecule has 6 rings (SSSR count). The maximum atomic E-state index is 15.4. The van der Waals surface area contributed by atoms with E-state index in [0.29, 0.717) is 24.7 Å². The number of methoxy groups -OCH3 is 1. The quantitative estimate of drug-likeness (QED) is 0.325. The Kier molecular flexibility index (Phi) is 8.25. The van der Waals surface area contributed by atoms with Crippen LogP contribution in [-0.4, -0.2) is 45.9 Å². The van der Waals surface area contributed by atoms with Crippen LogP contribution < -0.4 is 0 Å². The molecule has 2 aromatic rings. The average Bonchev–Trinajstić information content (AvgIpc) is 3.63. The summed E-state index contributed by atoms with van der Waals surface area (Å²) in [6.07, 6.45) is 8.71. The Morgan fingerprint density at radius 2 is 1.86 bits per heavy atom. The zero-order valence-corrected chi connectivity index (χ0v) is 27.2. The van der Waals surface area contributed by atoms with Gasteiger partial charge in [-0.25, -0.2) is 4.68 Å². The number of ether oxygens (including phenoxy) is 2. The van der Waals surface area contributed by atoms with Crippen LogP contribution in [0.5, 0.6) is 0 Å². The number of Topliss-reactive ketones (excluding diaryl/α,β-unsaturated/α-hetero) is 1. The SMILES string of the molecule is COC(=O)CC[C@@H](C)C1CCC2C3C([C@H](n4cc(-c5ccccc5)nn4)C(=O)[C@@]21C)[C@@]1(C)CC[C@@H](C)C[C@H]1C[C@H]3OC(C)=O. The molecule has 1 aromatic heterocycles. The summed E-state index contributed by atoms with van der Waals surface area (Å²) >= 11 is 0. The predicted octanol–water partition coefficient (Wildman–Crippen LogP) is 6.70. The van der Waals surface area contributed by atoms with Gasteiger partial charge in [-0.1, -0.05) is 69.7 Å². The van der Waals surface area contributed by atoms with Crippen LogP contribution in [0.3, 0.4) is 0 Å². The van der Waals surface area contributed by atoms with Crippen molar-refractivity contribution < 1.29 is 23.9 Å². The number of aromatic nitrogens is 3. The first-order chi connectivity index (χ1) is 21.0. The topological polar surface area (TPSA) is 100 Å². The van der Waals surface area contributed by atoms with Gasteiger partial charge in [-0.2, -0.15) is 0 Å². The highest BCUT2D eigenvalue weighted by molar-refractivity contribution is 5.91. The molecule has 0 amide bonds. The molecule has 4 aliphatic carbocycles. The van der Waals surface area contributed by atoms with Gasteiger partial charge in [0.2, 0.25) is 0 Å². The van der Waals surface area contributed by atoms with Gasteiger partial charge in [0.25, 0.3) is 0 Å². The predicted molar refractivity (Wildman–Crippen MR) is 166 cm³/mol. The molecule has 8 heteroatoms. The second kappa shape index (κ2) is 11.7. The Morgan fingerprint density at radius 1 is 1.11 bits per heavy atom. The Balaban J connectivity index is 1.48. The van der Waals surface area contributed by atoms with Gasteiger partial charge in [0, 0.05) is 36.2 Å². The van der Waals surface area contributed by atoms with Crippen LogP contribution in [-0.2, 0) is 23.9 Å². The van der Waals surface area contributed by atoms with Gasteiger partial charge < -0.3 is 9.47 Å². The van der Waals surface area contributed by atoms with Crippen LogP contribution in [0.25, 0.3) is 11.3 Å². The van der Waals surface area contributed by atoms with Gasteiger partial charge in [0.1, 0.15) is 17.8 Å². The minimum absolute atomic E-state index is 0.0156. The Morgan fingerprint density at radius 3 is 2.57 bits per heavy atom. The molecule has 0 N–H and O–H groups in total. The number of nitrogens with zero attached hydrogens (tertiary/aromatic N) is 3. The van der Waals surface area contributed by atoms with E-state index in [1.54, 1.807) is 0 Å². The minimum Gasteiger partial charge on any atom is -0.469 e. The molecule has 44 heavy (non-hydrogen) atoms. The highest BCUT2D eigenvalue weighted by atomic mass is 16.5. The van der Waals surface area contributed by atoms with Crippen molar-refractivity contribution in [2.24, 2.45) is 52.3 Å². The molecule has 0 bridgehead atoms. The van der Waals surface area contributed by atoms with E-state index in [9.17, 15) is 9.59 Å². The van der Waals surface area contributed by atoms with Crippen LogP contribution in [0.4, 0.5) is 0 Å². The number of ketones is 1. The molecule has 0 spiro atoms. The van der Waals surface area contributed by atoms with Gasteiger partial charge in [0.05, 0.1) is 13.3 Å². The highest BCUT2D eigenvalue weighted by Crippen LogP contribution is 2.70. The molecule has 1 aromatic carbocycles. The van der Waals surface area contributed by atoms with E-state index < -0.39 is 11.5 Å². The van der Waals surface area contributed by atoms with Gasteiger partial charge in [-0.15, -0.1) is 5.10 Å². The summed E-state index contributed by atoms with van der Waals surface area (Å²) in [5, 5.41) is 9.27. The molecule has 4 aliphatic rings. The van der Waals surface area contributed by atoms with Gasteiger partial charge in [-0.3, -0.25) is 14.4 Å². The largest absolute Gasteiger partial charge is 0.469 e. The van der Waals surface area contributed by atoms with Crippen LogP contribution in [0.2, 0.25) is 0 Å². The first-order valence-corrected chi connectivity index (χ1v) is 16.7. The van der Waals surface area contributed by atoms with Crippen LogP contribution in [0.1, 0.15) is 92.0 Å². The zero-order valence-electron chi connectivity index (χ0n) is 27.2. The first kappa shape index (κ1) is 31.0. The lowest BCUT2D eigenvalue weighted by Crippen LogP contribution is -2.65. The number of benzene rings is 1. The van der Waals surface area contributed by atoms with Gasteiger partial charge in [0.15, 0.2) is 5.78 Å². The van der Waals surface area contributed by atoms with E-state index in [1.807, 2.05) is 41.2 Å². The number of esters is 2. The highest BCUT2D eigenvalue weighted by Gasteiger charge is 2.70. The van der Waals surface area contributed by atoms with E-state index in [-0.39, 0.29) is 58.8 Å². The number of carbonyl (C=O) groups is 3. The van der Waals surface area contributed by atoms with Crippen LogP contribution in [0.15, 0.2) is 36.5 Å². The van der Waals surface area contributed by atoms with Crippen LogP contribution >= 0.6 is 0 Å². The van der Waals surface area contributed by atoms with E-state index >= 15 is 4.79 Å². The molecule has 8 nitrogen and oxygen atoms in total. The third-order valence-electron chi connectivity index (χ3n) is 12.8.